The van der Waals surface area contributed by atoms with Crippen molar-refractivity contribution in [1.82, 2.24) is 24.4 Å². The topological polar surface area (TPSA) is 105 Å². The smallest absolute Gasteiger partial charge is 0.263 e. The molecule has 1 saturated carbocycles. The van der Waals surface area contributed by atoms with Gasteiger partial charge in [-0.25, -0.2) is 9.97 Å². The predicted molar refractivity (Wildman–Crippen MR) is 158 cm³/mol. The molecular formula is C31H39N7O3. The molecule has 3 aromatic heterocycles. The Morgan fingerprint density at radius 3 is 2.44 bits per heavy atom. The Hall–Kier alpha value is -3.37. The number of hydrogen-bond acceptors (Lipinski definition) is 9. The van der Waals surface area contributed by atoms with Crippen LogP contribution < -0.4 is 15.8 Å². The number of nitrogens with one attached hydrogen (secondary N) is 1. The van der Waals surface area contributed by atoms with E-state index in [0.29, 0.717) is 34.4 Å². The maximum atomic E-state index is 13.5. The van der Waals surface area contributed by atoms with Gasteiger partial charge in [0, 0.05) is 30.7 Å². The zero-order valence-corrected chi connectivity index (χ0v) is 24.1. The van der Waals surface area contributed by atoms with Gasteiger partial charge in [-0.05, 0) is 82.2 Å². The second kappa shape index (κ2) is 10.5. The lowest BCUT2D eigenvalue weighted by Crippen LogP contribution is -2.53. The molecule has 10 nitrogen and oxygen atoms in total. The number of aromatic nitrogens is 4. The Balaban J connectivity index is 1.08. The van der Waals surface area contributed by atoms with E-state index in [4.69, 9.17) is 14.7 Å². The van der Waals surface area contributed by atoms with Crippen molar-refractivity contribution in [3.05, 3.63) is 46.0 Å². The summed E-state index contributed by atoms with van der Waals surface area (Å²) in [5.74, 6) is 0.832. The lowest BCUT2D eigenvalue weighted by Gasteiger charge is -2.45. The van der Waals surface area contributed by atoms with Gasteiger partial charge in [-0.2, -0.15) is 4.98 Å². The van der Waals surface area contributed by atoms with Crippen molar-refractivity contribution < 1.29 is 9.53 Å². The number of carbonyl (C=O) groups is 1. The van der Waals surface area contributed by atoms with Crippen LogP contribution in [0.3, 0.4) is 0 Å². The third kappa shape index (κ3) is 4.80. The SMILES string of the molecule is CC(=O)c1c(C)c2cnc(Nc3ccc(N4CCC5(CCN(C6COC6)CC5)C4)cn3)nc2n(C2CCCC2)c1=O. The summed E-state index contributed by atoms with van der Waals surface area (Å²) in [6, 6.07) is 4.78. The van der Waals surface area contributed by atoms with Crippen LogP contribution in [0.5, 0.6) is 0 Å². The van der Waals surface area contributed by atoms with Gasteiger partial charge in [-0.3, -0.25) is 19.1 Å². The van der Waals surface area contributed by atoms with Crippen molar-refractivity contribution in [2.24, 2.45) is 5.41 Å². The molecule has 1 aliphatic carbocycles. The van der Waals surface area contributed by atoms with Crippen molar-refractivity contribution in [3.63, 3.8) is 0 Å². The van der Waals surface area contributed by atoms with Crippen LogP contribution in [0.1, 0.15) is 73.8 Å². The van der Waals surface area contributed by atoms with Crippen molar-refractivity contribution in [2.45, 2.75) is 70.9 Å². The summed E-state index contributed by atoms with van der Waals surface area (Å²) in [6.07, 6.45) is 11.4. The quantitative estimate of drug-likeness (QED) is 0.445. The second-order valence-electron chi connectivity index (χ2n) is 12.5. The van der Waals surface area contributed by atoms with Gasteiger partial charge in [0.25, 0.3) is 5.56 Å². The number of likely N-dealkylation sites (tertiary alicyclic amines) is 1. The molecule has 216 valence electrons. The predicted octanol–water partition coefficient (Wildman–Crippen LogP) is 4.25. The molecule has 10 heteroatoms. The molecule has 0 radical (unpaired) electrons. The highest BCUT2D eigenvalue weighted by atomic mass is 16.5. The van der Waals surface area contributed by atoms with E-state index in [0.717, 1.165) is 63.1 Å². The molecule has 6 heterocycles. The van der Waals surface area contributed by atoms with E-state index in [1.54, 1.807) is 10.8 Å². The number of fused-ring (bicyclic) bond motifs is 1. The highest BCUT2D eigenvalue weighted by Crippen LogP contribution is 2.42. The Bertz CT molecular complexity index is 1520. The molecule has 4 fully saturated rings. The number of pyridine rings is 2. The normalized spacial score (nSPS) is 21.6. The van der Waals surface area contributed by atoms with Gasteiger partial charge in [-0.15, -0.1) is 0 Å². The number of carbonyl (C=O) groups excluding carboxylic acids is 1. The van der Waals surface area contributed by atoms with Gasteiger partial charge in [0.2, 0.25) is 5.95 Å². The van der Waals surface area contributed by atoms with Gasteiger partial charge in [0.15, 0.2) is 5.78 Å². The van der Waals surface area contributed by atoms with E-state index in [9.17, 15) is 9.59 Å². The van der Waals surface area contributed by atoms with Crippen LogP contribution in [0.2, 0.25) is 0 Å². The minimum Gasteiger partial charge on any atom is -0.378 e. The maximum absolute atomic E-state index is 13.5. The molecule has 0 aromatic carbocycles. The Morgan fingerprint density at radius 2 is 1.78 bits per heavy atom. The second-order valence-corrected chi connectivity index (χ2v) is 12.5. The maximum Gasteiger partial charge on any atom is 0.263 e. The van der Waals surface area contributed by atoms with Crippen LogP contribution in [-0.2, 0) is 4.74 Å². The van der Waals surface area contributed by atoms with E-state index in [1.807, 2.05) is 19.2 Å². The lowest BCUT2D eigenvalue weighted by atomic mass is 9.77. The first-order valence-electron chi connectivity index (χ1n) is 15.1. The van der Waals surface area contributed by atoms with Crippen molar-refractivity contribution in [3.8, 4) is 0 Å². The molecule has 3 saturated heterocycles. The van der Waals surface area contributed by atoms with Crippen LogP contribution in [0.15, 0.2) is 29.3 Å². The highest BCUT2D eigenvalue weighted by molar-refractivity contribution is 5.99. The van der Waals surface area contributed by atoms with Crippen LogP contribution in [0, 0.1) is 12.3 Å². The van der Waals surface area contributed by atoms with E-state index < -0.39 is 0 Å². The van der Waals surface area contributed by atoms with Gasteiger partial charge in [-0.1, -0.05) is 12.8 Å². The molecule has 41 heavy (non-hydrogen) atoms. The van der Waals surface area contributed by atoms with E-state index >= 15 is 0 Å². The number of aryl methyl sites for hydroxylation is 1. The Kier molecular flexibility index (Phi) is 6.78. The van der Waals surface area contributed by atoms with Crippen molar-refractivity contribution >= 4 is 34.3 Å². The first-order chi connectivity index (χ1) is 19.9. The fraction of sp³-hybridized carbons (Fsp3) is 0.581. The number of nitrogens with zero attached hydrogens (tertiary/aromatic N) is 6. The molecule has 0 bridgehead atoms. The molecule has 3 aliphatic heterocycles. The monoisotopic (exact) mass is 557 g/mol. The number of piperidine rings is 1. The zero-order chi connectivity index (χ0) is 28.1. The van der Waals surface area contributed by atoms with Crippen LogP contribution >= 0.6 is 0 Å². The molecular weight excluding hydrogens is 518 g/mol. The largest absolute Gasteiger partial charge is 0.378 e. The fourth-order valence-corrected chi connectivity index (χ4v) is 7.43. The van der Waals surface area contributed by atoms with Gasteiger partial charge in [0.05, 0.1) is 36.7 Å². The minimum atomic E-state index is -0.243. The summed E-state index contributed by atoms with van der Waals surface area (Å²) in [4.78, 5) is 45.0. The highest BCUT2D eigenvalue weighted by Gasteiger charge is 2.42. The van der Waals surface area contributed by atoms with Crippen molar-refractivity contribution in [1.29, 1.82) is 0 Å². The molecule has 1 spiro atoms. The number of Topliss-reactive ketones (excluding diaryl/α,β-unsaturated/α-hetero) is 1. The summed E-state index contributed by atoms with van der Waals surface area (Å²) >= 11 is 0. The Labute approximate surface area is 240 Å². The van der Waals surface area contributed by atoms with E-state index in [1.165, 1.54) is 39.3 Å². The first-order valence-corrected chi connectivity index (χ1v) is 15.1. The summed E-state index contributed by atoms with van der Waals surface area (Å²) in [7, 11) is 0. The zero-order valence-electron chi connectivity index (χ0n) is 24.1. The number of ketones is 1. The third-order valence-corrected chi connectivity index (χ3v) is 10.0. The third-order valence-electron chi connectivity index (χ3n) is 10.0. The minimum absolute atomic E-state index is 0.0482. The molecule has 4 aliphatic rings. The van der Waals surface area contributed by atoms with Crippen LogP contribution in [-0.4, -0.2) is 75.6 Å². The van der Waals surface area contributed by atoms with Crippen LogP contribution in [0.25, 0.3) is 11.0 Å². The molecule has 3 aromatic rings. The average Bonchev–Trinajstić information content (AvgIpc) is 3.61. The number of hydrogen-bond donors (Lipinski definition) is 1. The summed E-state index contributed by atoms with van der Waals surface area (Å²) in [5.41, 5.74) is 2.78. The van der Waals surface area contributed by atoms with E-state index in [-0.39, 0.29) is 22.9 Å². The van der Waals surface area contributed by atoms with Gasteiger partial charge in [0.1, 0.15) is 11.5 Å². The molecule has 0 amide bonds. The fourth-order valence-electron chi connectivity index (χ4n) is 7.43. The lowest BCUT2D eigenvalue weighted by molar-refractivity contribution is -0.0798. The molecule has 7 rings (SSSR count). The molecule has 1 N–H and O–H groups in total. The summed E-state index contributed by atoms with van der Waals surface area (Å²) in [6.45, 7) is 9.58. The molecule has 0 unspecified atom stereocenters. The average molecular weight is 558 g/mol. The first kappa shape index (κ1) is 26.5. The number of ether oxygens (including phenoxy) is 1. The van der Waals surface area contributed by atoms with Gasteiger partial charge >= 0.3 is 0 Å². The van der Waals surface area contributed by atoms with E-state index in [2.05, 4.69) is 26.2 Å². The summed E-state index contributed by atoms with van der Waals surface area (Å²) < 4.78 is 7.14. The number of anilines is 3. The standard InChI is InChI=1S/C31H39N7O3/c1-20-25-16-33-30(35-28(25)38(22-5-3-4-6-22)29(40)27(20)21(2)39)34-26-8-7-23(15-32-26)37-14-11-31(19-37)9-12-36(13-10-31)24-17-41-18-24/h7-8,15-16,22,24H,3-6,9-14,17-19H2,1-2H3,(H,32,33,34,35). The number of rotatable bonds is 6. The molecule has 0 atom stereocenters. The van der Waals surface area contributed by atoms with Gasteiger partial charge < -0.3 is 15.0 Å². The summed E-state index contributed by atoms with van der Waals surface area (Å²) in [5, 5.41) is 3.98. The Morgan fingerprint density at radius 1 is 1.02 bits per heavy atom. The van der Waals surface area contributed by atoms with Crippen LogP contribution in [0.4, 0.5) is 17.5 Å². The van der Waals surface area contributed by atoms with Crippen molar-refractivity contribution in [2.75, 3.05) is 49.6 Å².